The van der Waals surface area contributed by atoms with Gasteiger partial charge in [0.25, 0.3) is 5.91 Å². The molecule has 4 aromatic rings. The molecule has 1 unspecified atom stereocenters. The average molecular weight is 526 g/mol. The van der Waals surface area contributed by atoms with Crippen LogP contribution in [0, 0.1) is 0 Å². The van der Waals surface area contributed by atoms with E-state index in [0.29, 0.717) is 28.0 Å². The second-order valence-electron chi connectivity index (χ2n) is 8.81. The summed E-state index contributed by atoms with van der Waals surface area (Å²) < 4.78 is 11.3. The summed E-state index contributed by atoms with van der Waals surface area (Å²) in [7, 11) is 1.66. The first kappa shape index (κ1) is 23.5. The number of thiocarbonyl (C=S) groups is 1. The molecule has 1 fully saturated rings. The van der Waals surface area contributed by atoms with Crippen LogP contribution in [0.5, 0.6) is 5.75 Å². The van der Waals surface area contributed by atoms with Crippen molar-refractivity contribution >= 4 is 50.7 Å². The molecule has 0 bridgehead atoms. The molecule has 3 aromatic carbocycles. The van der Waals surface area contributed by atoms with E-state index >= 15 is 0 Å². The number of rotatable bonds is 6. The molecule has 1 amide bonds. The molecular formula is C29H23N3O3S2. The number of thioether (sulfide) groups is 1. The number of ether oxygens (including phenoxy) is 1. The topological polar surface area (TPSA) is 58.3 Å². The molecule has 0 N–H and O–H groups in total. The zero-order chi connectivity index (χ0) is 25.4. The van der Waals surface area contributed by atoms with Gasteiger partial charge in [-0.1, -0.05) is 72.5 Å². The Morgan fingerprint density at radius 3 is 2.65 bits per heavy atom. The van der Waals surface area contributed by atoms with E-state index in [1.54, 1.807) is 24.3 Å². The molecule has 1 saturated heterocycles. The first-order valence-corrected chi connectivity index (χ1v) is 13.1. The number of nitrogens with zero attached hydrogens (tertiary/aromatic N) is 3. The van der Waals surface area contributed by atoms with Gasteiger partial charge in [-0.15, -0.1) is 0 Å². The van der Waals surface area contributed by atoms with Crippen molar-refractivity contribution in [1.29, 1.82) is 0 Å². The minimum absolute atomic E-state index is 0.0685. The molecule has 8 heteroatoms. The van der Waals surface area contributed by atoms with Crippen LogP contribution in [0.4, 0.5) is 0 Å². The van der Waals surface area contributed by atoms with Gasteiger partial charge in [0.15, 0.2) is 0 Å². The Labute approximate surface area is 224 Å². The molecule has 184 valence electrons. The van der Waals surface area contributed by atoms with E-state index in [1.807, 2.05) is 53.7 Å². The van der Waals surface area contributed by atoms with Gasteiger partial charge in [-0.05, 0) is 52.2 Å². The van der Waals surface area contributed by atoms with Crippen LogP contribution in [0.1, 0.15) is 29.3 Å². The summed E-state index contributed by atoms with van der Waals surface area (Å²) in [6.45, 7) is 0.308. The Morgan fingerprint density at radius 1 is 1.08 bits per heavy atom. The molecule has 6 nitrogen and oxygen atoms in total. The zero-order valence-corrected chi connectivity index (χ0v) is 21.7. The lowest BCUT2D eigenvalue weighted by Crippen LogP contribution is -2.27. The highest BCUT2D eigenvalue weighted by atomic mass is 32.2. The van der Waals surface area contributed by atoms with Crippen molar-refractivity contribution in [2.24, 2.45) is 5.10 Å². The summed E-state index contributed by atoms with van der Waals surface area (Å²) in [5.74, 6) is 1.34. The largest absolute Gasteiger partial charge is 0.497 e. The van der Waals surface area contributed by atoms with Gasteiger partial charge in [0.2, 0.25) is 0 Å². The standard InChI is InChI=1S/C29H23N3O3S2/c1-34-23-12-10-20(11-13-23)26-16-25(22-9-8-19-5-2-3-6-21(19)15-22)30-32(26)18-27-28(33)31(29(36)37-27)17-24-7-4-14-35-24/h2-15,18,26H,16-17H2,1H3/b27-18-. The fourth-order valence-electron chi connectivity index (χ4n) is 4.59. The second-order valence-corrected chi connectivity index (χ2v) is 10.5. The van der Waals surface area contributed by atoms with Gasteiger partial charge in [0.05, 0.1) is 36.6 Å². The first-order valence-electron chi connectivity index (χ1n) is 11.9. The quantitative estimate of drug-likeness (QED) is 0.212. The Kier molecular flexibility index (Phi) is 6.28. The molecule has 6 rings (SSSR count). The SMILES string of the molecule is COc1ccc(C2CC(c3ccc4ccccc4c3)=NN2/C=C2\SC(=S)N(Cc3ccco3)C2=O)cc1. The molecule has 2 aliphatic rings. The first-order chi connectivity index (χ1) is 18.1. The summed E-state index contributed by atoms with van der Waals surface area (Å²) in [4.78, 5) is 15.4. The molecule has 1 atom stereocenters. The molecular weight excluding hydrogens is 502 g/mol. The molecule has 3 heterocycles. The number of carbonyl (C=O) groups is 1. The number of fused-ring (bicyclic) bond motifs is 1. The van der Waals surface area contributed by atoms with Crippen LogP contribution in [0.25, 0.3) is 10.8 Å². The summed E-state index contributed by atoms with van der Waals surface area (Å²) in [5, 5.41) is 9.24. The number of furan rings is 1. The third kappa shape index (κ3) is 4.65. The van der Waals surface area contributed by atoms with Gasteiger partial charge in [-0.3, -0.25) is 14.7 Å². The van der Waals surface area contributed by atoms with E-state index < -0.39 is 0 Å². The normalized spacial score (nSPS) is 18.8. The predicted octanol–water partition coefficient (Wildman–Crippen LogP) is 6.49. The van der Waals surface area contributed by atoms with E-state index in [2.05, 4.69) is 30.3 Å². The van der Waals surface area contributed by atoms with Crippen molar-refractivity contribution in [1.82, 2.24) is 9.91 Å². The van der Waals surface area contributed by atoms with Gasteiger partial charge >= 0.3 is 0 Å². The van der Waals surface area contributed by atoms with E-state index in [0.717, 1.165) is 22.6 Å². The van der Waals surface area contributed by atoms with Crippen molar-refractivity contribution in [3.63, 3.8) is 0 Å². The van der Waals surface area contributed by atoms with Crippen LogP contribution in [-0.4, -0.2) is 33.0 Å². The third-order valence-corrected chi connectivity index (χ3v) is 7.91. The average Bonchev–Trinajstić information content (AvgIpc) is 3.66. The van der Waals surface area contributed by atoms with Gasteiger partial charge in [-0.2, -0.15) is 5.10 Å². The maximum absolute atomic E-state index is 13.3. The molecule has 2 aliphatic heterocycles. The highest BCUT2D eigenvalue weighted by Crippen LogP contribution is 2.38. The van der Waals surface area contributed by atoms with Crippen LogP contribution < -0.4 is 4.74 Å². The number of carbonyl (C=O) groups excluding carboxylic acids is 1. The van der Waals surface area contributed by atoms with Gasteiger partial charge in [0, 0.05) is 12.6 Å². The Hall–Kier alpha value is -3.88. The van der Waals surface area contributed by atoms with Gasteiger partial charge in [-0.25, -0.2) is 0 Å². The summed E-state index contributed by atoms with van der Waals surface area (Å²) in [6.07, 6.45) is 4.12. The number of benzene rings is 3. The Balaban J connectivity index is 1.34. The molecule has 0 aliphatic carbocycles. The van der Waals surface area contributed by atoms with Crippen molar-refractivity contribution < 1.29 is 13.9 Å². The van der Waals surface area contributed by atoms with Crippen molar-refractivity contribution in [3.8, 4) is 5.75 Å². The van der Waals surface area contributed by atoms with E-state index in [9.17, 15) is 4.79 Å². The van der Waals surface area contributed by atoms with Crippen LogP contribution in [0.3, 0.4) is 0 Å². The number of hydrogen-bond donors (Lipinski definition) is 0. The summed E-state index contributed by atoms with van der Waals surface area (Å²) >= 11 is 6.81. The van der Waals surface area contributed by atoms with Crippen LogP contribution >= 0.6 is 24.0 Å². The van der Waals surface area contributed by atoms with Gasteiger partial charge in [0.1, 0.15) is 15.8 Å². The van der Waals surface area contributed by atoms with Crippen LogP contribution in [0.2, 0.25) is 0 Å². The molecule has 0 saturated carbocycles. The molecule has 1 aromatic heterocycles. The number of hydrogen-bond acceptors (Lipinski definition) is 7. The fraction of sp³-hybridized carbons (Fsp3) is 0.138. The highest BCUT2D eigenvalue weighted by molar-refractivity contribution is 8.26. The maximum atomic E-state index is 13.3. The predicted molar refractivity (Wildman–Crippen MR) is 150 cm³/mol. The van der Waals surface area contributed by atoms with Gasteiger partial charge < -0.3 is 9.15 Å². The molecule has 0 radical (unpaired) electrons. The van der Waals surface area contributed by atoms with Crippen LogP contribution in [0.15, 0.2) is 106 Å². The molecule has 37 heavy (non-hydrogen) atoms. The minimum Gasteiger partial charge on any atom is -0.497 e. The van der Waals surface area contributed by atoms with Crippen molar-refractivity contribution in [2.75, 3.05) is 7.11 Å². The number of amides is 1. The summed E-state index contributed by atoms with van der Waals surface area (Å²) in [6, 6.07) is 26.3. The number of methoxy groups -OCH3 is 1. The van der Waals surface area contributed by atoms with Crippen LogP contribution in [-0.2, 0) is 11.3 Å². The maximum Gasteiger partial charge on any atom is 0.268 e. The minimum atomic E-state index is -0.144. The fourth-order valence-corrected chi connectivity index (χ4v) is 5.81. The summed E-state index contributed by atoms with van der Waals surface area (Å²) in [5.41, 5.74) is 3.12. The van der Waals surface area contributed by atoms with Crippen molar-refractivity contribution in [3.05, 3.63) is 113 Å². The second kappa shape index (κ2) is 9.88. The highest BCUT2D eigenvalue weighted by Gasteiger charge is 2.35. The third-order valence-electron chi connectivity index (χ3n) is 6.54. The van der Waals surface area contributed by atoms with E-state index in [1.165, 1.54) is 22.5 Å². The van der Waals surface area contributed by atoms with E-state index in [4.69, 9.17) is 26.5 Å². The zero-order valence-electron chi connectivity index (χ0n) is 20.0. The van der Waals surface area contributed by atoms with E-state index in [-0.39, 0.29) is 11.9 Å². The smallest absolute Gasteiger partial charge is 0.268 e. The lowest BCUT2D eigenvalue weighted by molar-refractivity contribution is -0.122. The lowest BCUT2D eigenvalue weighted by atomic mass is 9.97. The lowest BCUT2D eigenvalue weighted by Gasteiger charge is -2.21. The monoisotopic (exact) mass is 525 g/mol. The molecule has 0 spiro atoms. The Morgan fingerprint density at radius 2 is 1.89 bits per heavy atom. The Bertz CT molecular complexity index is 1540. The van der Waals surface area contributed by atoms with Crippen molar-refractivity contribution in [2.45, 2.75) is 19.0 Å². The number of hydrazone groups is 1.